The van der Waals surface area contributed by atoms with E-state index >= 15 is 0 Å². The summed E-state index contributed by atoms with van der Waals surface area (Å²) in [5.74, 6) is 0.390. The molecule has 0 radical (unpaired) electrons. The zero-order valence-electron chi connectivity index (χ0n) is 14.3. The minimum Gasteiger partial charge on any atom is -0.450 e. The molecule has 1 aliphatic carbocycles. The van der Waals surface area contributed by atoms with Gasteiger partial charge < -0.3 is 10.1 Å². The van der Waals surface area contributed by atoms with Crippen LogP contribution in [-0.2, 0) is 4.74 Å². The van der Waals surface area contributed by atoms with Gasteiger partial charge in [0, 0.05) is 37.1 Å². The summed E-state index contributed by atoms with van der Waals surface area (Å²) in [5.41, 5.74) is 1.11. The number of nitrogens with one attached hydrogen (secondary N) is 1. The number of carbonyl (C=O) groups is 2. The van der Waals surface area contributed by atoms with Crippen LogP contribution in [-0.4, -0.2) is 35.1 Å². The van der Waals surface area contributed by atoms with Crippen LogP contribution in [0.25, 0.3) is 0 Å². The van der Waals surface area contributed by atoms with Crippen molar-refractivity contribution in [2.75, 3.05) is 18.0 Å². The Morgan fingerprint density at radius 1 is 1.23 bits per heavy atom. The summed E-state index contributed by atoms with van der Waals surface area (Å²) in [6.45, 7) is 1.31. The first-order valence-electron chi connectivity index (χ1n) is 8.86. The molecule has 0 unspecified atom stereocenters. The zero-order chi connectivity index (χ0) is 17.9. The Kier molecular flexibility index (Phi) is 4.51. The Labute approximate surface area is 151 Å². The summed E-state index contributed by atoms with van der Waals surface area (Å²) >= 11 is 0. The quantitative estimate of drug-likeness (QED) is 0.837. The third kappa shape index (κ3) is 3.51. The molecule has 26 heavy (non-hydrogen) atoms. The van der Waals surface area contributed by atoms with Crippen molar-refractivity contribution < 1.29 is 14.3 Å². The number of esters is 1. The Balaban J connectivity index is 1.52. The average molecular weight is 352 g/mol. The number of ether oxygens (including phenoxy) is 1. The maximum atomic E-state index is 12.7. The van der Waals surface area contributed by atoms with Crippen molar-refractivity contribution in [1.29, 1.82) is 0 Å². The van der Waals surface area contributed by atoms with Crippen LogP contribution >= 0.6 is 0 Å². The third-order valence-corrected chi connectivity index (χ3v) is 4.60. The number of hydrogen-bond acceptors (Lipinski definition) is 5. The largest absolute Gasteiger partial charge is 0.450 e. The number of rotatable bonds is 5. The van der Waals surface area contributed by atoms with Gasteiger partial charge in [-0.05, 0) is 43.5 Å². The number of anilines is 1. The first kappa shape index (κ1) is 16.5. The Morgan fingerprint density at radius 2 is 2.04 bits per heavy atom. The molecule has 0 spiro atoms. The number of benzene rings is 1. The van der Waals surface area contributed by atoms with Crippen LogP contribution in [0.15, 0.2) is 42.7 Å². The highest BCUT2D eigenvalue weighted by molar-refractivity contribution is 5.95. The van der Waals surface area contributed by atoms with Crippen molar-refractivity contribution >= 4 is 17.7 Å². The lowest BCUT2D eigenvalue weighted by molar-refractivity contribution is 0.0218. The molecule has 1 saturated heterocycles. The van der Waals surface area contributed by atoms with Crippen molar-refractivity contribution in [2.24, 2.45) is 5.92 Å². The molecule has 7 nitrogen and oxygen atoms in total. The Morgan fingerprint density at radius 3 is 2.77 bits per heavy atom. The van der Waals surface area contributed by atoms with Crippen LogP contribution < -0.4 is 10.2 Å². The van der Waals surface area contributed by atoms with Crippen molar-refractivity contribution in [3.63, 3.8) is 0 Å². The Bertz CT molecular complexity index is 807. The average Bonchev–Trinajstić information content (AvgIpc) is 3.52. The van der Waals surface area contributed by atoms with Gasteiger partial charge in [-0.25, -0.2) is 19.6 Å². The minimum absolute atomic E-state index is 0.143. The number of urea groups is 1. The van der Waals surface area contributed by atoms with E-state index in [2.05, 4.69) is 15.3 Å². The normalized spacial score (nSPS) is 18.2. The molecule has 2 heterocycles. The predicted octanol–water partition coefficient (Wildman–Crippen LogP) is 2.70. The lowest BCUT2D eigenvalue weighted by atomic mass is 10.1. The van der Waals surface area contributed by atoms with E-state index in [-0.39, 0.29) is 11.9 Å². The van der Waals surface area contributed by atoms with Crippen LogP contribution in [0.3, 0.4) is 0 Å². The topological polar surface area (TPSA) is 84.4 Å². The van der Waals surface area contributed by atoms with E-state index in [1.54, 1.807) is 41.6 Å². The number of aromatic nitrogens is 2. The lowest BCUT2D eigenvalue weighted by Crippen LogP contribution is -2.46. The van der Waals surface area contributed by atoms with Gasteiger partial charge >= 0.3 is 12.0 Å². The van der Waals surface area contributed by atoms with E-state index in [4.69, 9.17) is 4.74 Å². The molecular formula is C19H20N4O3. The van der Waals surface area contributed by atoms with E-state index in [0.717, 1.165) is 19.3 Å². The van der Waals surface area contributed by atoms with Crippen molar-refractivity contribution in [2.45, 2.75) is 25.4 Å². The smallest absolute Gasteiger partial charge is 0.338 e. The maximum Gasteiger partial charge on any atom is 0.338 e. The predicted molar refractivity (Wildman–Crippen MR) is 94.7 cm³/mol. The summed E-state index contributed by atoms with van der Waals surface area (Å²) in [6, 6.07) is 8.57. The van der Waals surface area contributed by atoms with Gasteiger partial charge in [0.05, 0.1) is 5.56 Å². The number of nitrogens with zero attached hydrogens (tertiary/aromatic N) is 3. The van der Waals surface area contributed by atoms with Gasteiger partial charge in [-0.3, -0.25) is 4.90 Å². The molecular weight excluding hydrogens is 332 g/mol. The van der Waals surface area contributed by atoms with Gasteiger partial charge in [0.1, 0.15) is 0 Å². The molecule has 1 aromatic carbocycles. The SMILES string of the molecule is O=C(O[C@@H](c1ncccn1)C1CC1)c1cccc(N2CCCNC2=O)c1. The molecule has 2 aliphatic rings. The van der Waals surface area contributed by atoms with Crippen molar-refractivity contribution in [1.82, 2.24) is 15.3 Å². The van der Waals surface area contributed by atoms with Gasteiger partial charge in [-0.1, -0.05) is 6.07 Å². The van der Waals surface area contributed by atoms with Crippen LogP contribution in [0.4, 0.5) is 10.5 Å². The molecule has 7 heteroatoms. The second kappa shape index (κ2) is 7.11. The van der Waals surface area contributed by atoms with E-state index in [0.29, 0.717) is 30.2 Å². The highest BCUT2D eigenvalue weighted by atomic mass is 16.5. The van der Waals surface area contributed by atoms with E-state index in [1.165, 1.54) is 0 Å². The van der Waals surface area contributed by atoms with Crippen molar-refractivity contribution in [3.8, 4) is 0 Å². The maximum absolute atomic E-state index is 12.7. The molecule has 1 saturated carbocycles. The lowest BCUT2D eigenvalue weighted by Gasteiger charge is -2.27. The van der Waals surface area contributed by atoms with Gasteiger partial charge in [-0.15, -0.1) is 0 Å². The van der Waals surface area contributed by atoms with Crippen LogP contribution in [0.5, 0.6) is 0 Å². The first-order valence-corrected chi connectivity index (χ1v) is 8.86. The number of carbonyl (C=O) groups excluding carboxylic acids is 2. The van der Waals surface area contributed by atoms with Gasteiger partial charge in [-0.2, -0.15) is 0 Å². The molecule has 4 rings (SSSR count). The Hall–Kier alpha value is -2.96. The second-order valence-electron chi connectivity index (χ2n) is 6.56. The highest BCUT2D eigenvalue weighted by Crippen LogP contribution is 2.42. The zero-order valence-corrected chi connectivity index (χ0v) is 14.3. The summed E-state index contributed by atoms with van der Waals surface area (Å²) in [7, 11) is 0. The molecule has 1 aromatic heterocycles. The number of amides is 2. The van der Waals surface area contributed by atoms with Crippen molar-refractivity contribution in [3.05, 3.63) is 54.1 Å². The van der Waals surface area contributed by atoms with Crippen LogP contribution in [0.1, 0.15) is 41.5 Å². The third-order valence-electron chi connectivity index (χ3n) is 4.60. The number of hydrogen-bond donors (Lipinski definition) is 1. The van der Waals surface area contributed by atoms with Crippen LogP contribution in [0, 0.1) is 5.92 Å². The molecule has 2 aromatic rings. The van der Waals surface area contributed by atoms with Gasteiger partial charge in [0.2, 0.25) is 0 Å². The molecule has 1 N–H and O–H groups in total. The van der Waals surface area contributed by atoms with Gasteiger partial charge in [0.25, 0.3) is 0 Å². The van der Waals surface area contributed by atoms with Gasteiger partial charge in [0.15, 0.2) is 11.9 Å². The standard InChI is InChI=1S/C19H20N4O3/c24-18(26-16(13-6-7-13)17-20-8-2-9-21-17)14-4-1-5-15(12-14)23-11-3-10-22-19(23)25/h1-2,4-5,8-9,12-13,16H,3,6-7,10-11H2,(H,22,25)/t16-/m1/s1. The molecule has 0 bridgehead atoms. The van der Waals surface area contributed by atoms with Crippen LogP contribution in [0.2, 0.25) is 0 Å². The fraction of sp³-hybridized carbons (Fsp3) is 0.368. The van der Waals surface area contributed by atoms with E-state index in [9.17, 15) is 9.59 Å². The summed E-state index contributed by atoms with van der Waals surface area (Å²) in [6.07, 6.45) is 5.76. The first-order chi connectivity index (χ1) is 12.7. The molecule has 134 valence electrons. The molecule has 1 atom stereocenters. The molecule has 2 fully saturated rings. The monoisotopic (exact) mass is 352 g/mol. The fourth-order valence-corrected chi connectivity index (χ4v) is 3.08. The van der Waals surface area contributed by atoms with E-state index in [1.807, 2.05) is 6.07 Å². The minimum atomic E-state index is -0.425. The fourth-order valence-electron chi connectivity index (χ4n) is 3.08. The van der Waals surface area contributed by atoms with E-state index < -0.39 is 12.1 Å². The molecule has 2 amide bonds. The summed E-state index contributed by atoms with van der Waals surface area (Å²) in [4.78, 5) is 34.8. The highest BCUT2D eigenvalue weighted by Gasteiger charge is 2.37. The molecule has 1 aliphatic heterocycles. The second-order valence-corrected chi connectivity index (χ2v) is 6.56. The summed E-state index contributed by atoms with van der Waals surface area (Å²) < 4.78 is 5.73. The summed E-state index contributed by atoms with van der Waals surface area (Å²) in [5, 5.41) is 2.81.